The van der Waals surface area contributed by atoms with Gasteiger partial charge in [0.25, 0.3) is 5.69 Å². The fourth-order valence-corrected chi connectivity index (χ4v) is 2.73. The molecule has 1 aromatic heterocycles. The molecule has 3 rings (SSSR count). The van der Waals surface area contributed by atoms with Gasteiger partial charge in [0.15, 0.2) is 11.6 Å². The predicted octanol–water partition coefficient (Wildman–Crippen LogP) is 2.53. The molecule has 2 amide bonds. The number of rotatable bonds is 4. The largest absolute Gasteiger partial charge is 0.436 e. The molecule has 2 heterocycles. The molecule has 2 N–H and O–H groups in total. The quantitative estimate of drug-likeness (QED) is 0.669. The van der Waals surface area contributed by atoms with Crippen LogP contribution in [0.1, 0.15) is 24.6 Å². The number of urea groups is 1. The van der Waals surface area contributed by atoms with Crippen LogP contribution in [-0.2, 0) is 0 Å². The Morgan fingerprint density at radius 3 is 2.88 bits per heavy atom. The Kier molecular flexibility index (Phi) is 4.42. The summed E-state index contributed by atoms with van der Waals surface area (Å²) in [7, 11) is 0. The van der Waals surface area contributed by atoms with Gasteiger partial charge in [0.2, 0.25) is 5.88 Å². The lowest BCUT2D eigenvalue weighted by Gasteiger charge is -2.22. The first-order chi connectivity index (χ1) is 12.0. The molecule has 130 valence electrons. The van der Waals surface area contributed by atoms with Gasteiger partial charge in [0.05, 0.1) is 22.7 Å². The molecule has 1 saturated heterocycles. The van der Waals surface area contributed by atoms with Crippen LogP contribution in [0, 0.1) is 15.9 Å². The minimum atomic E-state index is -0.881. The smallest absolute Gasteiger partial charge is 0.315 e. The van der Waals surface area contributed by atoms with Gasteiger partial charge in [0.1, 0.15) is 6.33 Å². The number of nitrogens with zero attached hydrogens (tertiary/aromatic N) is 4. The number of non-ortho nitro benzene ring substituents is 1. The number of halogens is 1. The van der Waals surface area contributed by atoms with Crippen LogP contribution in [0.25, 0.3) is 0 Å². The first-order valence-electron chi connectivity index (χ1n) is 7.45. The van der Waals surface area contributed by atoms with Crippen LogP contribution >= 0.6 is 0 Å². The zero-order valence-electron chi connectivity index (χ0n) is 13.0. The van der Waals surface area contributed by atoms with Crippen molar-refractivity contribution in [3.63, 3.8) is 0 Å². The van der Waals surface area contributed by atoms with E-state index in [-0.39, 0.29) is 23.4 Å². The van der Waals surface area contributed by atoms with Crippen molar-refractivity contribution in [1.29, 1.82) is 0 Å². The maximum absolute atomic E-state index is 13.9. The highest BCUT2D eigenvalue weighted by atomic mass is 19.1. The molecule has 0 saturated carbocycles. The second kappa shape index (κ2) is 6.67. The summed E-state index contributed by atoms with van der Waals surface area (Å²) in [5.41, 5.74) is 5.51. The zero-order chi connectivity index (χ0) is 18.0. The van der Waals surface area contributed by atoms with E-state index in [1.165, 1.54) is 17.3 Å². The van der Waals surface area contributed by atoms with Crippen molar-refractivity contribution in [1.82, 2.24) is 14.9 Å². The summed E-state index contributed by atoms with van der Waals surface area (Å²) in [5, 5.41) is 10.6. The van der Waals surface area contributed by atoms with Crippen molar-refractivity contribution in [2.24, 2.45) is 5.73 Å². The van der Waals surface area contributed by atoms with Crippen molar-refractivity contribution in [3.05, 3.63) is 52.2 Å². The normalized spacial score (nSPS) is 16.7. The van der Waals surface area contributed by atoms with E-state index in [0.717, 1.165) is 24.6 Å². The maximum atomic E-state index is 13.9. The molecule has 1 fully saturated rings. The molecule has 1 aliphatic rings. The first kappa shape index (κ1) is 16.6. The molecule has 0 spiro atoms. The van der Waals surface area contributed by atoms with Gasteiger partial charge in [0, 0.05) is 18.7 Å². The van der Waals surface area contributed by atoms with E-state index in [4.69, 9.17) is 10.5 Å². The molecule has 2 aromatic rings. The van der Waals surface area contributed by atoms with Gasteiger partial charge >= 0.3 is 6.03 Å². The minimum Gasteiger partial charge on any atom is -0.436 e. The van der Waals surface area contributed by atoms with Gasteiger partial charge in [-0.25, -0.2) is 19.2 Å². The van der Waals surface area contributed by atoms with Crippen LogP contribution in [0.2, 0.25) is 0 Å². The molecule has 25 heavy (non-hydrogen) atoms. The van der Waals surface area contributed by atoms with E-state index in [1.54, 1.807) is 0 Å². The molecule has 1 aliphatic heterocycles. The molecule has 1 atom stereocenters. The van der Waals surface area contributed by atoms with Crippen molar-refractivity contribution in [2.75, 3.05) is 6.54 Å². The number of benzene rings is 1. The van der Waals surface area contributed by atoms with Crippen LogP contribution in [0.5, 0.6) is 11.6 Å². The first-order valence-corrected chi connectivity index (χ1v) is 7.45. The summed E-state index contributed by atoms with van der Waals surface area (Å²) < 4.78 is 19.3. The fraction of sp³-hybridized carbons (Fsp3) is 0.267. The molecule has 0 radical (unpaired) electrons. The number of ether oxygens (including phenoxy) is 1. The Bertz CT molecular complexity index is 831. The van der Waals surface area contributed by atoms with Crippen molar-refractivity contribution >= 4 is 11.7 Å². The molecule has 9 nitrogen and oxygen atoms in total. The summed E-state index contributed by atoms with van der Waals surface area (Å²) in [6.45, 7) is 0.539. The minimum absolute atomic E-state index is 0.0640. The maximum Gasteiger partial charge on any atom is 0.315 e. The summed E-state index contributed by atoms with van der Waals surface area (Å²) in [6, 6.07) is 3.72. The summed E-state index contributed by atoms with van der Waals surface area (Å²) >= 11 is 0. The lowest BCUT2D eigenvalue weighted by Crippen LogP contribution is -2.35. The molecule has 0 aliphatic carbocycles. The zero-order valence-corrected chi connectivity index (χ0v) is 13.0. The van der Waals surface area contributed by atoms with E-state index in [1.807, 2.05) is 0 Å². The number of aromatic nitrogens is 2. The third-order valence-electron chi connectivity index (χ3n) is 3.88. The second-order valence-corrected chi connectivity index (χ2v) is 5.44. The highest BCUT2D eigenvalue weighted by Gasteiger charge is 2.30. The van der Waals surface area contributed by atoms with E-state index in [2.05, 4.69) is 9.97 Å². The van der Waals surface area contributed by atoms with E-state index < -0.39 is 16.8 Å². The lowest BCUT2D eigenvalue weighted by atomic mass is 10.1. The van der Waals surface area contributed by atoms with Crippen LogP contribution in [-0.4, -0.2) is 32.4 Å². The summed E-state index contributed by atoms with van der Waals surface area (Å²) in [4.78, 5) is 30.9. The van der Waals surface area contributed by atoms with Crippen LogP contribution < -0.4 is 10.5 Å². The lowest BCUT2D eigenvalue weighted by molar-refractivity contribution is -0.385. The van der Waals surface area contributed by atoms with Crippen LogP contribution in [0.4, 0.5) is 14.9 Å². The number of nitro groups is 1. The molecular formula is C15H14FN5O4. The summed E-state index contributed by atoms with van der Waals surface area (Å²) in [5.74, 6) is -1.02. The van der Waals surface area contributed by atoms with E-state index in [9.17, 15) is 19.3 Å². The average Bonchev–Trinajstić information content (AvgIpc) is 3.07. The Hall–Kier alpha value is -3.30. The molecule has 10 heteroatoms. The number of amides is 2. The third-order valence-corrected chi connectivity index (χ3v) is 3.88. The number of carbonyl (C=O) groups excluding carboxylic acids is 1. The Balaban J connectivity index is 1.83. The molecule has 1 aromatic carbocycles. The monoisotopic (exact) mass is 347 g/mol. The number of primary amides is 1. The number of nitro benzene ring substituents is 1. The topological polar surface area (TPSA) is 124 Å². The van der Waals surface area contributed by atoms with Gasteiger partial charge < -0.3 is 15.4 Å². The van der Waals surface area contributed by atoms with Crippen molar-refractivity contribution < 1.29 is 18.8 Å². The molecule has 1 unspecified atom stereocenters. The standard InChI is InChI=1S/C15H14FN5O4/c16-10-6-9(21(23)24)3-4-13(10)25-14-7-11(18-8-19-14)12-2-1-5-20(12)15(17)22/h3-4,6-8,12H,1-2,5H2,(H2,17,22). The Morgan fingerprint density at radius 1 is 1.40 bits per heavy atom. The van der Waals surface area contributed by atoms with Gasteiger partial charge in [-0.15, -0.1) is 0 Å². The average molecular weight is 347 g/mol. The highest BCUT2D eigenvalue weighted by molar-refractivity contribution is 5.72. The highest BCUT2D eigenvalue weighted by Crippen LogP contribution is 2.32. The summed E-state index contributed by atoms with van der Waals surface area (Å²) in [6.07, 6.45) is 2.74. The van der Waals surface area contributed by atoms with E-state index in [0.29, 0.717) is 18.7 Å². The van der Waals surface area contributed by atoms with Crippen molar-refractivity contribution in [3.8, 4) is 11.6 Å². The van der Waals surface area contributed by atoms with Gasteiger partial charge in [-0.2, -0.15) is 0 Å². The number of hydrogen-bond acceptors (Lipinski definition) is 6. The van der Waals surface area contributed by atoms with E-state index >= 15 is 0 Å². The Labute approximate surface area is 141 Å². The molecular weight excluding hydrogens is 333 g/mol. The number of carbonyl (C=O) groups is 1. The van der Waals surface area contributed by atoms with Gasteiger partial charge in [-0.1, -0.05) is 0 Å². The van der Waals surface area contributed by atoms with Gasteiger partial charge in [-0.3, -0.25) is 10.1 Å². The fourth-order valence-electron chi connectivity index (χ4n) is 2.73. The second-order valence-electron chi connectivity index (χ2n) is 5.44. The third kappa shape index (κ3) is 3.47. The molecule has 0 bridgehead atoms. The van der Waals surface area contributed by atoms with Crippen molar-refractivity contribution in [2.45, 2.75) is 18.9 Å². The van der Waals surface area contributed by atoms with Crippen LogP contribution in [0.15, 0.2) is 30.6 Å². The number of nitrogens with two attached hydrogens (primary N) is 1. The predicted molar refractivity (Wildman–Crippen MR) is 83.4 cm³/mol. The SMILES string of the molecule is NC(=O)N1CCCC1c1cc(Oc2ccc([N+](=O)[O-])cc2F)ncn1. The van der Waals surface area contributed by atoms with Crippen LogP contribution in [0.3, 0.4) is 0 Å². The number of likely N-dealkylation sites (tertiary alicyclic amines) is 1. The van der Waals surface area contributed by atoms with Gasteiger partial charge in [-0.05, 0) is 18.9 Å². The number of hydrogen-bond donors (Lipinski definition) is 1. The Morgan fingerprint density at radius 2 is 2.20 bits per heavy atom.